The number of halogens is 2. The van der Waals surface area contributed by atoms with Gasteiger partial charge in [-0.15, -0.1) is 0 Å². The Morgan fingerprint density at radius 1 is 1.30 bits per heavy atom. The van der Waals surface area contributed by atoms with Crippen molar-refractivity contribution in [3.8, 4) is 17.2 Å². The third-order valence-electron chi connectivity index (χ3n) is 3.39. The molecule has 3 aromatic rings. The smallest absolute Gasteiger partial charge is 0.295 e. The minimum absolute atomic E-state index is 0.0250. The molecule has 0 amide bonds. The van der Waals surface area contributed by atoms with Crippen LogP contribution in [0.3, 0.4) is 0 Å². The summed E-state index contributed by atoms with van der Waals surface area (Å²) in [5.41, 5.74) is 0.625. The van der Waals surface area contributed by atoms with Gasteiger partial charge in [-0.1, -0.05) is 21.9 Å². The molecule has 144 valence electrons. The molecule has 13 heteroatoms. The second-order valence-electron chi connectivity index (χ2n) is 5.40. The summed E-state index contributed by atoms with van der Waals surface area (Å²) in [6, 6.07) is 3.63. The van der Waals surface area contributed by atoms with E-state index in [2.05, 4.69) is 24.2 Å². The molecule has 0 aliphatic rings. The summed E-state index contributed by atoms with van der Waals surface area (Å²) in [6.07, 6.45) is 1.47. The summed E-state index contributed by atoms with van der Waals surface area (Å²) in [7, 11) is -3.55. The zero-order chi connectivity index (χ0) is 19.6. The Hall–Kier alpha value is -2.57. The molecule has 2 aromatic heterocycles. The lowest BCUT2D eigenvalue weighted by atomic mass is 10.2. The predicted octanol–water partition coefficient (Wildman–Crippen LogP) is 1.58. The first-order chi connectivity index (χ1) is 12.8. The molecule has 2 heterocycles. The molecule has 0 bridgehead atoms. The van der Waals surface area contributed by atoms with Crippen LogP contribution in [-0.2, 0) is 20.7 Å². The number of hydrogen-bond acceptors (Lipinski definition) is 9. The van der Waals surface area contributed by atoms with Crippen LogP contribution in [0.2, 0.25) is 5.02 Å². The minimum Gasteiger partial charge on any atom is -0.295 e. The van der Waals surface area contributed by atoms with Crippen molar-refractivity contribution in [3.05, 3.63) is 45.3 Å². The summed E-state index contributed by atoms with van der Waals surface area (Å²) in [4.78, 5) is 12.0. The zero-order valence-corrected chi connectivity index (χ0v) is 15.3. The maximum atomic E-state index is 13.4. The van der Waals surface area contributed by atoms with Crippen LogP contribution < -0.4 is 5.76 Å². The van der Waals surface area contributed by atoms with Gasteiger partial charge in [0.25, 0.3) is 10.1 Å². The second-order valence-corrected chi connectivity index (χ2v) is 7.45. The van der Waals surface area contributed by atoms with Crippen molar-refractivity contribution in [3.63, 3.8) is 0 Å². The first-order valence-electron chi connectivity index (χ1n) is 7.46. The van der Waals surface area contributed by atoms with E-state index in [-0.39, 0.29) is 35.3 Å². The van der Waals surface area contributed by atoms with Gasteiger partial charge in [-0.2, -0.15) is 8.42 Å². The van der Waals surface area contributed by atoms with Gasteiger partial charge in [0.2, 0.25) is 5.82 Å². The van der Waals surface area contributed by atoms with Crippen molar-refractivity contribution < 1.29 is 26.1 Å². The van der Waals surface area contributed by atoms with E-state index in [4.69, 9.17) is 16.2 Å². The van der Waals surface area contributed by atoms with Gasteiger partial charge < -0.3 is 0 Å². The largest absolute Gasteiger partial charge is 0.446 e. The van der Waals surface area contributed by atoms with Gasteiger partial charge in [-0.3, -0.25) is 8.71 Å². The molecule has 0 aliphatic heterocycles. The van der Waals surface area contributed by atoms with Crippen LogP contribution in [0.15, 0.2) is 32.1 Å². The molecule has 0 spiro atoms. The molecule has 0 N–H and O–H groups in total. The topological polar surface area (TPSA) is 130 Å². The monoisotopic (exact) mass is 418 g/mol. The number of rotatable bonds is 7. The average Bonchev–Trinajstić information content (AvgIpc) is 3.19. The molecule has 0 saturated heterocycles. The van der Waals surface area contributed by atoms with E-state index >= 15 is 0 Å². The quantitative estimate of drug-likeness (QED) is 0.414. The first kappa shape index (κ1) is 19.2. The Kier molecular flexibility index (Phi) is 5.39. The van der Waals surface area contributed by atoms with Crippen LogP contribution in [0.4, 0.5) is 4.39 Å². The van der Waals surface area contributed by atoms with Crippen LogP contribution in [0.5, 0.6) is 0 Å². The molecule has 3 rings (SSSR count). The molecule has 1 aromatic carbocycles. The average molecular weight is 419 g/mol. The third-order valence-corrected chi connectivity index (χ3v) is 4.27. The lowest BCUT2D eigenvalue weighted by Crippen LogP contribution is -2.14. The summed E-state index contributed by atoms with van der Waals surface area (Å²) >= 11 is 5.76. The van der Waals surface area contributed by atoms with Crippen LogP contribution >= 0.6 is 11.6 Å². The zero-order valence-electron chi connectivity index (χ0n) is 13.8. The minimum atomic E-state index is -3.55. The maximum absolute atomic E-state index is 13.4. The van der Waals surface area contributed by atoms with Crippen LogP contribution in [0.25, 0.3) is 17.2 Å². The van der Waals surface area contributed by atoms with Crippen molar-refractivity contribution >= 4 is 21.7 Å². The number of hydrogen-bond donors (Lipinski definition) is 0. The summed E-state index contributed by atoms with van der Waals surface area (Å²) < 4.78 is 50.4. The van der Waals surface area contributed by atoms with E-state index in [1.54, 1.807) is 0 Å². The molecule has 0 unspecified atom stereocenters. The Morgan fingerprint density at radius 2 is 2.07 bits per heavy atom. The van der Waals surface area contributed by atoms with Gasteiger partial charge in [-0.25, -0.2) is 18.4 Å². The summed E-state index contributed by atoms with van der Waals surface area (Å²) in [5, 5.41) is 10.9. The normalized spacial score (nSPS) is 11.8. The van der Waals surface area contributed by atoms with Crippen molar-refractivity contribution in [1.82, 2.24) is 20.0 Å². The van der Waals surface area contributed by atoms with Crippen molar-refractivity contribution in [2.75, 3.05) is 12.9 Å². The molecular formula is C14H12ClFN4O6S. The Balaban J connectivity index is 1.89. The fourth-order valence-electron chi connectivity index (χ4n) is 2.24. The predicted molar refractivity (Wildman–Crippen MR) is 89.5 cm³/mol. The standard InChI is InChI=1S/C14H12ClFN4O6S/c1-27(22,23)24-6-2-3-11-12(18-26-17-11)13-19-25-14(21)20(13)8-4-5-10(16)9(15)7-8/h4-5,7H,2-3,6H2,1H3. The van der Waals surface area contributed by atoms with E-state index in [1.807, 2.05) is 0 Å². The fourth-order valence-corrected chi connectivity index (χ4v) is 2.84. The highest BCUT2D eigenvalue weighted by atomic mass is 35.5. The molecule has 10 nitrogen and oxygen atoms in total. The maximum Gasteiger partial charge on any atom is 0.446 e. The van der Waals surface area contributed by atoms with Gasteiger partial charge in [0.1, 0.15) is 11.5 Å². The van der Waals surface area contributed by atoms with E-state index < -0.39 is 21.7 Å². The Bertz CT molecular complexity index is 1120. The van der Waals surface area contributed by atoms with E-state index in [0.717, 1.165) is 16.9 Å². The highest BCUT2D eigenvalue weighted by Crippen LogP contribution is 2.24. The van der Waals surface area contributed by atoms with E-state index in [1.165, 1.54) is 12.1 Å². The molecule has 27 heavy (non-hydrogen) atoms. The van der Waals surface area contributed by atoms with Gasteiger partial charge >= 0.3 is 5.76 Å². The second kappa shape index (κ2) is 7.58. The van der Waals surface area contributed by atoms with Crippen molar-refractivity contribution in [2.24, 2.45) is 0 Å². The third kappa shape index (κ3) is 4.40. The highest BCUT2D eigenvalue weighted by Gasteiger charge is 2.23. The van der Waals surface area contributed by atoms with Gasteiger partial charge in [0.05, 0.1) is 23.6 Å². The summed E-state index contributed by atoms with van der Waals surface area (Å²) in [6.45, 7) is -0.0652. The SMILES string of the molecule is CS(=O)(=O)OCCCc1nonc1-c1noc(=O)n1-c1ccc(F)c(Cl)c1. The molecule has 0 atom stereocenters. The van der Waals surface area contributed by atoms with Crippen molar-refractivity contribution in [1.29, 1.82) is 0 Å². The van der Waals surface area contributed by atoms with Gasteiger partial charge in [0.15, 0.2) is 5.69 Å². The molecule has 0 aliphatic carbocycles. The first-order valence-corrected chi connectivity index (χ1v) is 9.66. The molecule has 0 saturated carbocycles. The van der Waals surface area contributed by atoms with Crippen LogP contribution in [0, 0.1) is 5.82 Å². The fraction of sp³-hybridized carbons (Fsp3) is 0.286. The van der Waals surface area contributed by atoms with Crippen molar-refractivity contribution in [2.45, 2.75) is 12.8 Å². The van der Waals surface area contributed by atoms with Crippen LogP contribution in [0.1, 0.15) is 12.1 Å². The highest BCUT2D eigenvalue weighted by molar-refractivity contribution is 7.85. The molecule has 0 radical (unpaired) electrons. The number of aryl methyl sites for hydroxylation is 1. The Morgan fingerprint density at radius 3 is 2.78 bits per heavy atom. The van der Waals surface area contributed by atoms with E-state index in [0.29, 0.717) is 12.1 Å². The molecule has 0 fully saturated rings. The lowest BCUT2D eigenvalue weighted by Gasteiger charge is -2.04. The lowest BCUT2D eigenvalue weighted by molar-refractivity contribution is 0.297. The number of benzene rings is 1. The Labute approximate surface area is 156 Å². The number of aromatic nitrogens is 4. The van der Waals surface area contributed by atoms with E-state index in [9.17, 15) is 17.6 Å². The summed E-state index contributed by atoms with van der Waals surface area (Å²) in [5.74, 6) is -1.52. The van der Waals surface area contributed by atoms with Gasteiger partial charge in [0, 0.05) is 0 Å². The number of nitrogens with zero attached hydrogens (tertiary/aromatic N) is 4. The molecular weight excluding hydrogens is 407 g/mol. The van der Waals surface area contributed by atoms with Crippen LogP contribution in [-0.4, -0.2) is 41.3 Å². The van der Waals surface area contributed by atoms with Gasteiger partial charge in [-0.05, 0) is 36.2 Å².